The Morgan fingerprint density at radius 3 is 2.79 bits per heavy atom. The van der Waals surface area contributed by atoms with Gasteiger partial charge in [-0.05, 0) is 33.1 Å². The molecular formula is C14H23FN4. The summed E-state index contributed by atoms with van der Waals surface area (Å²) in [5, 5.41) is 2.98. The Labute approximate surface area is 114 Å². The van der Waals surface area contributed by atoms with Crippen molar-refractivity contribution in [2.24, 2.45) is 5.92 Å². The van der Waals surface area contributed by atoms with Crippen molar-refractivity contribution in [2.75, 3.05) is 39.1 Å². The first-order chi connectivity index (χ1) is 9.04. The van der Waals surface area contributed by atoms with Crippen molar-refractivity contribution in [3.63, 3.8) is 0 Å². The number of hydrogen-bond acceptors (Lipinski definition) is 4. The summed E-state index contributed by atoms with van der Waals surface area (Å²) in [6, 6.07) is 2.19. The van der Waals surface area contributed by atoms with Crippen LogP contribution in [0, 0.1) is 11.7 Å². The summed E-state index contributed by atoms with van der Waals surface area (Å²) in [6.07, 6.45) is 1.69. The molecule has 0 aromatic carbocycles. The summed E-state index contributed by atoms with van der Waals surface area (Å²) in [5.41, 5.74) is 0.674. The number of aromatic nitrogens is 1. The number of halogens is 1. The predicted octanol–water partition coefficient (Wildman–Crippen LogP) is 1.33. The highest BCUT2D eigenvalue weighted by Crippen LogP contribution is 2.27. The monoisotopic (exact) mass is 266 g/mol. The molecule has 2 atom stereocenters. The van der Waals surface area contributed by atoms with Gasteiger partial charge in [0.1, 0.15) is 0 Å². The van der Waals surface area contributed by atoms with E-state index in [0.717, 1.165) is 13.1 Å². The first kappa shape index (κ1) is 14.2. The third-order valence-electron chi connectivity index (χ3n) is 3.85. The van der Waals surface area contributed by atoms with Gasteiger partial charge in [0, 0.05) is 37.4 Å². The highest BCUT2D eigenvalue weighted by Gasteiger charge is 2.33. The van der Waals surface area contributed by atoms with Gasteiger partial charge >= 0.3 is 0 Å². The molecule has 2 unspecified atom stereocenters. The molecule has 1 aliphatic rings. The van der Waals surface area contributed by atoms with Crippen LogP contribution in [0.25, 0.3) is 0 Å². The SMILES string of the molecule is CNCc1ccnc(N2CC(C)C(N(C)C)C2)c1F. The van der Waals surface area contributed by atoms with Crippen molar-refractivity contribution in [2.45, 2.75) is 19.5 Å². The van der Waals surface area contributed by atoms with Crippen LogP contribution in [0.4, 0.5) is 10.2 Å². The van der Waals surface area contributed by atoms with Crippen molar-refractivity contribution in [1.29, 1.82) is 0 Å². The second-order valence-corrected chi connectivity index (χ2v) is 5.55. The predicted molar refractivity (Wildman–Crippen MR) is 75.8 cm³/mol. The van der Waals surface area contributed by atoms with Gasteiger partial charge in [-0.1, -0.05) is 6.92 Å². The summed E-state index contributed by atoms with van der Waals surface area (Å²) >= 11 is 0. The minimum absolute atomic E-state index is 0.191. The number of hydrogen-bond donors (Lipinski definition) is 1. The minimum atomic E-state index is -0.191. The fraction of sp³-hybridized carbons (Fsp3) is 0.643. The largest absolute Gasteiger partial charge is 0.352 e. The standard InChI is InChI=1S/C14H23FN4/c1-10-8-19(9-12(10)18(3)4)14-13(15)11(7-16-2)5-6-17-14/h5-6,10,12,16H,7-9H2,1-4H3. The van der Waals surface area contributed by atoms with E-state index >= 15 is 0 Å². The van der Waals surface area contributed by atoms with Crippen molar-refractivity contribution in [1.82, 2.24) is 15.2 Å². The number of anilines is 1. The maximum atomic E-state index is 14.4. The Kier molecular flexibility index (Phi) is 4.37. The molecule has 1 N–H and O–H groups in total. The van der Waals surface area contributed by atoms with E-state index in [1.165, 1.54) is 0 Å². The van der Waals surface area contributed by atoms with E-state index in [9.17, 15) is 4.39 Å². The van der Waals surface area contributed by atoms with Crippen LogP contribution in [0.1, 0.15) is 12.5 Å². The van der Waals surface area contributed by atoms with Crippen LogP contribution in [0.2, 0.25) is 0 Å². The molecule has 106 valence electrons. The summed E-state index contributed by atoms with van der Waals surface area (Å²) in [4.78, 5) is 8.50. The second-order valence-electron chi connectivity index (χ2n) is 5.55. The number of likely N-dealkylation sites (N-methyl/N-ethyl adjacent to an activating group) is 1. The van der Waals surface area contributed by atoms with Crippen LogP contribution in [0.5, 0.6) is 0 Å². The molecule has 0 saturated carbocycles. The molecule has 2 rings (SSSR count). The molecule has 1 aromatic rings. The van der Waals surface area contributed by atoms with Gasteiger partial charge in [-0.3, -0.25) is 0 Å². The van der Waals surface area contributed by atoms with Gasteiger partial charge in [0.25, 0.3) is 0 Å². The zero-order valence-corrected chi connectivity index (χ0v) is 12.2. The summed E-state index contributed by atoms with van der Waals surface area (Å²) in [5.74, 6) is 0.816. The van der Waals surface area contributed by atoms with Crippen molar-refractivity contribution >= 4 is 5.82 Å². The van der Waals surface area contributed by atoms with Crippen LogP contribution >= 0.6 is 0 Å². The van der Waals surface area contributed by atoms with Gasteiger partial charge in [-0.15, -0.1) is 0 Å². The average molecular weight is 266 g/mol. The third-order valence-corrected chi connectivity index (χ3v) is 3.85. The smallest absolute Gasteiger partial charge is 0.170 e. The third kappa shape index (κ3) is 2.87. The number of pyridine rings is 1. The topological polar surface area (TPSA) is 31.4 Å². The van der Waals surface area contributed by atoms with Crippen LogP contribution < -0.4 is 10.2 Å². The van der Waals surface area contributed by atoms with Crippen LogP contribution in [0.15, 0.2) is 12.3 Å². The van der Waals surface area contributed by atoms with E-state index in [1.807, 2.05) is 7.05 Å². The fourth-order valence-corrected chi connectivity index (χ4v) is 2.81. The zero-order chi connectivity index (χ0) is 14.0. The van der Waals surface area contributed by atoms with Gasteiger partial charge in [-0.2, -0.15) is 0 Å². The number of rotatable bonds is 4. The van der Waals surface area contributed by atoms with Gasteiger partial charge < -0.3 is 15.1 Å². The molecule has 0 radical (unpaired) electrons. The molecule has 0 amide bonds. The van der Waals surface area contributed by atoms with Crippen LogP contribution in [-0.4, -0.2) is 50.2 Å². The molecule has 1 fully saturated rings. The molecule has 1 saturated heterocycles. The van der Waals surface area contributed by atoms with Gasteiger partial charge in [-0.25, -0.2) is 9.37 Å². The lowest BCUT2D eigenvalue weighted by Gasteiger charge is -2.23. The lowest BCUT2D eigenvalue weighted by atomic mass is 10.1. The van der Waals surface area contributed by atoms with Gasteiger partial charge in [0.2, 0.25) is 0 Å². The fourth-order valence-electron chi connectivity index (χ4n) is 2.81. The first-order valence-corrected chi connectivity index (χ1v) is 6.74. The minimum Gasteiger partial charge on any atom is -0.352 e. The maximum Gasteiger partial charge on any atom is 0.170 e. The van der Waals surface area contributed by atoms with Crippen molar-refractivity contribution < 1.29 is 4.39 Å². The highest BCUT2D eigenvalue weighted by atomic mass is 19.1. The molecule has 2 heterocycles. The Hall–Kier alpha value is -1.20. The summed E-state index contributed by atoms with van der Waals surface area (Å²) < 4.78 is 14.4. The molecule has 5 heteroatoms. The molecule has 4 nitrogen and oxygen atoms in total. The molecule has 1 aromatic heterocycles. The Morgan fingerprint density at radius 1 is 1.47 bits per heavy atom. The summed E-state index contributed by atoms with van der Waals surface area (Å²) in [6.45, 7) is 4.43. The average Bonchev–Trinajstić information content (AvgIpc) is 2.74. The van der Waals surface area contributed by atoms with Crippen molar-refractivity contribution in [3.8, 4) is 0 Å². The van der Waals surface area contributed by atoms with E-state index in [-0.39, 0.29) is 5.82 Å². The van der Waals surface area contributed by atoms with E-state index in [4.69, 9.17) is 0 Å². The molecule has 0 bridgehead atoms. The van der Waals surface area contributed by atoms with E-state index < -0.39 is 0 Å². The molecule has 0 aliphatic carbocycles. The Balaban J connectivity index is 2.21. The summed E-state index contributed by atoms with van der Waals surface area (Å²) in [7, 11) is 5.97. The van der Waals surface area contributed by atoms with Crippen molar-refractivity contribution in [3.05, 3.63) is 23.6 Å². The van der Waals surface area contributed by atoms with Crippen LogP contribution in [-0.2, 0) is 6.54 Å². The van der Waals surface area contributed by atoms with E-state index in [1.54, 1.807) is 12.3 Å². The normalized spacial score (nSPS) is 23.4. The van der Waals surface area contributed by atoms with Gasteiger partial charge in [0.05, 0.1) is 0 Å². The molecular weight excluding hydrogens is 243 g/mol. The Morgan fingerprint density at radius 2 is 2.21 bits per heavy atom. The first-order valence-electron chi connectivity index (χ1n) is 6.74. The number of nitrogens with one attached hydrogen (secondary N) is 1. The van der Waals surface area contributed by atoms with E-state index in [2.05, 4.69) is 41.1 Å². The highest BCUT2D eigenvalue weighted by molar-refractivity contribution is 5.44. The lowest BCUT2D eigenvalue weighted by Crippen LogP contribution is -2.34. The lowest BCUT2D eigenvalue weighted by molar-refractivity contribution is 0.266. The number of nitrogens with zero attached hydrogens (tertiary/aromatic N) is 3. The quantitative estimate of drug-likeness (QED) is 0.891. The molecule has 19 heavy (non-hydrogen) atoms. The molecule has 1 aliphatic heterocycles. The Bertz CT molecular complexity index is 435. The zero-order valence-electron chi connectivity index (χ0n) is 12.2. The van der Waals surface area contributed by atoms with E-state index in [0.29, 0.717) is 29.9 Å². The second kappa shape index (κ2) is 5.84. The molecule has 0 spiro atoms. The maximum absolute atomic E-state index is 14.4. The van der Waals surface area contributed by atoms with Crippen LogP contribution in [0.3, 0.4) is 0 Å². The van der Waals surface area contributed by atoms with Gasteiger partial charge in [0.15, 0.2) is 11.6 Å².